The molecule has 2 aromatic heterocycles. The summed E-state index contributed by atoms with van der Waals surface area (Å²) in [5.41, 5.74) is 0.497. The fourth-order valence-corrected chi connectivity index (χ4v) is 3.68. The average molecular weight is 414 g/mol. The lowest BCUT2D eigenvalue weighted by Crippen LogP contribution is -2.50. The van der Waals surface area contributed by atoms with Crippen molar-refractivity contribution in [1.82, 2.24) is 30.0 Å². The highest BCUT2D eigenvalue weighted by atomic mass is 19.1. The van der Waals surface area contributed by atoms with Crippen LogP contribution in [0.15, 0.2) is 47.1 Å². The lowest BCUT2D eigenvalue weighted by molar-refractivity contribution is 0.0555. The predicted molar refractivity (Wildman–Crippen MR) is 104 cm³/mol. The monoisotopic (exact) mass is 414 g/mol. The molecule has 0 aliphatic carbocycles. The second kappa shape index (κ2) is 9.14. The van der Waals surface area contributed by atoms with Crippen LogP contribution in [-0.2, 0) is 11.3 Å². The van der Waals surface area contributed by atoms with Crippen LogP contribution in [-0.4, -0.2) is 75.8 Å². The molecule has 3 aromatic rings. The normalized spacial score (nSPS) is 16.0. The number of benzene rings is 1. The smallest absolute Gasteiger partial charge is 0.289 e. The van der Waals surface area contributed by atoms with Crippen LogP contribution in [0.25, 0.3) is 0 Å². The van der Waals surface area contributed by atoms with Crippen molar-refractivity contribution < 1.29 is 18.3 Å². The number of aromatic nitrogens is 4. The number of hydrogen-bond donors (Lipinski definition) is 0. The van der Waals surface area contributed by atoms with E-state index in [1.807, 2.05) is 0 Å². The zero-order valence-electron chi connectivity index (χ0n) is 16.6. The Bertz CT molecular complexity index is 969. The van der Waals surface area contributed by atoms with E-state index in [1.54, 1.807) is 47.0 Å². The molecule has 0 unspecified atom stereocenters. The van der Waals surface area contributed by atoms with E-state index in [0.29, 0.717) is 56.5 Å². The largest absolute Gasteiger partial charge is 0.459 e. The number of ether oxygens (including phenoxy) is 1. The molecule has 0 spiro atoms. The molecule has 1 amide bonds. The minimum atomic E-state index is -0.473. The number of carbonyl (C=O) groups is 1. The number of piperazine rings is 1. The third-order valence-corrected chi connectivity index (χ3v) is 5.21. The number of halogens is 1. The van der Waals surface area contributed by atoms with Crippen molar-refractivity contribution in [2.75, 3.05) is 39.9 Å². The van der Waals surface area contributed by atoms with Gasteiger partial charge in [-0.15, -0.1) is 5.10 Å². The molecule has 1 aliphatic heterocycles. The van der Waals surface area contributed by atoms with Crippen LogP contribution in [0.1, 0.15) is 28.0 Å². The van der Waals surface area contributed by atoms with Crippen LogP contribution < -0.4 is 0 Å². The van der Waals surface area contributed by atoms with Crippen LogP contribution >= 0.6 is 0 Å². The van der Waals surface area contributed by atoms with E-state index in [2.05, 4.69) is 20.4 Å². The molecule has 4 rings (SSSR count). The standard InChI is InChI=1S/C20H23FN6O3/c1-29-14-12-27-19(22-23-24-27)18(15-5-2-3-6-16(15)21)25-8-10-26(11-9-25)20(28)17-7-4-13-30-17/h2-7,13,18H,8-12,14H2,1H3/t18-/m1/s1. The zero-order chi connectivity index (χ0) is 20.9. The first-order valence-electron chi connectivity index (χ1n) is 9.75. The molecule has 0 radical (unpaired) electrons. The number of carbonyl (C=O) groups excluding carboxylic acids is 1. The first kappa shape index (κ1) is 20.2. The minimum absolute atomic E-state index is 0.146. The lowest BCUT2D eigenvalue weighted by atomic mass is 10.0. The second-order valence-corrected chi connectivity index (χ2v) is 6.98. The third kappa shape index (κ3) is 4.10. The maximum Gasteiger partial charge on any atom is 0.289 e. The first-order valence-corrected chi connectivity index (χ1v) is 9.75. The zero-order valence-corrected chi connectivity index (χ0v) is 16.6. The maximum absolute atomic E-state index is 14.8. The topological polar surface area (TPSA) is 89.5 Å². The van der Waals surface area contributed by atoms with Gasteiger partial charge < -0.3 is 14.1 Å². The Labute approximate surface area is 173 Å². The molecule has 0 bridgehead atoms. The summed E-state index contributed by atoms with van der Waals surface area (Å²) in [6.07, 6.45) is 1.48. The van der Waals surface area contributed by atoms with Gasteiger partial charge in [-0.1, -0.05) is 18.2 Å². The van der Waals surface area contributed by atoms with Crippen molar-refractivity contribution in [3.63, 3.8) is 0 Å². The molecule has 158 valence electrons. The summed E-state index contributed by atoms with van der Waals surface area (Å²) in [5.74, 6) is 0.394. The summed E-state index contributed by atoms with van der Waals surface area (Å²) in [6, 6.07) is 9.50. The summed E-state index contributed by atoms with van der Waals surface area (Å²) in [4.78, 5) is 16.4. The number of tetrazole rings is 1. The molecular formula is C20H23FN6O3. The predicted octanol–water partition coefficient (Wildman–Crippen LogP) is 1.60. The lowest BCUT2D eigenvalue weighted by Gasteiger charge is -2.38. The fourth-order valence-electron chi connectivity index (χ4n) is 3.68. The third-order valence-electron chi connectivity index (χ3n) is 5.21. The van der Waals surface area contributed by atoms with E-state index >= 15 is 0 Å². The minimum Gasteiger partial charge on any atom is -0.459 e. The van der Waals surface area contributed by atoms with Crippen molar-refractivity contribution in [3.8, 4) is 0 Å². The van der Waals surface area contributed by atoms with Crippen molar-refractivity contribution in [2.45, 2.75) is 12.6 Å². The Morgan fingerprint density at radius 2 is 2.00 bits per heavy atom. The molecule has 30 heavy (non-hydrogen) atoms. The SMILES string of the molecule is COCCn1nnnc1[C@@H](c1ccccc1F)N1CCN(C(=O)c2ccco2)CC1. The van der Waals surface area contributed by atoms with Crippen molar-refractivity contribution in [2.24, 2.45) is 0 Å². The van der Waals surface area contributed by atoms with E-state index in [9.17, 15) is 9.18 Å². The Morgan fingerprint density at radius 3 is 2.70 bits per heavy atom. The number of rotatable bonds is 7. The molecule has 1 aliphatic rings. The molecule has 1 aromatic carbocycles. The van der Waals surface area contributed by atoms with E-state index in [-0.39, 0.29) is 11.7 Å². The molecule has 1 saturated heterocycles. The summed E-state index contributed by atoms with van der Waals surface area (Å²) in [6.45, 7) is 2.97. The van der Waals surface area contributed by atoms with E-state index < -0.39 is 6.04 Å². The van der Waals surface area contributed by atoms with Gasteiger partial charge in [0.25, 0.3) is 5.91 Å². The van der Waals surface area contributed by atoms with E-state index in [1.165, 1.54) is 12.3 Å². The Morgan fingerprint density at radius 1 is 1.20 bits per heavy atom. The molecule has 10 heteroatoms. The molecule has 3 heterocycles. The van der Waals surface area contributed by atoms with Crippen LogP contribution in [0, 0.1) is 5.82 Å². The molecule has 0 N–H and O–H groups in total. The van der Waals surface area contributed by atoms with Gasteiger partial charge in [-0.25, -0.2) is 9.07 Å². The van der Waals surface area contributed by atoms with Crippen LogP contribution in [0.5, 0.6) is 0 Å². The quantitative estimate of drug-likeness (QED) is 0.580. The molecule has 9 nitrogen and oxygen atoms in total. The highest BCUT2D eigenvalue weighted by molar-refractivity contribution is 5.91. The van der Waals surface area contributed by atoms with Crippen LogP contribution in [0.2, 0.25) is 0 Å². The first-order chi connectivity index (χ1) is 14.7. The molecule has 0 saturated carbocycles. The molecule has 1 fully saturated rings. The van der Waals surface area contributed by atoms with Gasteiger partial charge in [-0.2, -0.15) is 0 Å². The van der Waals surface area contributed by atoms with Crippen LogP contribution in [0.4, 0.5) is 4.39 Å². The summed E-state index contributed by atoms with van der Waals surface area (Å²) in [7, 11) is 1.60. The molecular weight excluding hydrogens is 391 g/mol. The Kier molecular flexibility index (Phi) is 6.15. The van der Waals surface area contributed by atoms with Gasteiger partial charge in [-0.3, -0.25) is 9.69 Å². The van der Waals surface area contributed by atoms with Crippen molar-refractivity contribution in [3.05, 3.63) is 65.6 Å². The maximum atomic E-state index is 14.8. The van der Waals surface area contributed by atoms with Gasteiger partial charge in [0.05, 0.1) is 19.4 Å². The highest BCUT2D eigenvalue weighted by Crippen LogP contribution is 2.30. The van der Waals surface area contributed by atoms with Gasteiger partial charge in [0.15, 0.2) is 11.6 Å². The van der Waals surface area contributed by atoms with E-state index in [4.69, 9.17) is 9.15 Å². The number of nitrogens with zero attached hydrogens (tertiary/aromatic N) is 6. The number of furan rings is 1. The average Bonchev–Trinajstić information content (AvgIpc) is 3.46. The summed E-state index contributed by atoms with van der Waals surface area (Å²) >= 11 is 0. The van der Waals surface area contributed by atoms with Gasteiger partial charge in [0.2, 0.25) is 0 Å². The summed E-state index contributed by atoms with van der Waals surface area (Å²) < 4.78 is 26.8. The van der Waals surface area contributed by atoms with E-state index in [0.717, 1.165) is 0 Å². The van der Waals surface area contributed by atoms with Crippen molar-refractivity contribution in [1.29, 1.82) is 0 Å². The number of amides is 1. The highest BCUT2D eigenvalue weighted by Gasteiger charge is 2.33. The van der Waals surface area contributed by atoms with Crippen molar-refractivity contribution >= 4 is 5.91 Å². The molecule has 1 atom stereocenters. The fraction of sp³-hybridized carbons (Fsp3) is 0.400. The van der Waals surface area contributed by atoms with Gasteiger partial charge >= 0.3 is 0 Å². The van der Waals surface area contributed by atoms with Crippen LogP contribution in [0.3, 0.4) is 0 Å². The van der Waals surface area contributed by atoms with Gasteiger partial charge in [-0.05, 0) is 28.6 Å². The number of hydrogen-bond acceptors (Lipinski definition) is 7. The van der Waals surface area contributed by atoms with Gasteiger partial charge in [0.1, 0.15) is 11.9 Å². The Hall–Kier alpha value is -3.11. The van der Waals surface area contributed by atoms with Gasteiger partial charge in [0, 0.05) is 38.9 Å². The summed E-state index contributed by atoms with van der Waals surface area (Å²) in [5, 5.41) is 12.1. The number of methoxy groups -OCH3 is 1. The Balaban J connectivity index is 1.58. The second-order valence-electron chi connectivity index (χ2n) is 6.98.